The molecule has 1 unspecified atom stereocenters. The van der Waals surface area contributed by atoms with E-state index in [1.807, 2.05) is 7.05 Å². The Morgan fingerprint density at radius 2 is 2.25 bits per heavy atom. The zero-order valence-electron chi connectivity index (χ0n) is 9.83. The summed E-state index contributed by atoms with van der Waals surface area (Å²) < 4.78 is 1.69. The Hall–Kier alpha value is -0.190. The van der Waals surface area contributed by atoms with Crippen LogP contribution in [0.3, 0.4) is 0 Å². The third-order valence-corrected chi connectivity index (χ3v) is 4.98. The summed E-state index contributed by atoms with van der Waals surface area (Å²) in [5.74, 6) is 1.77. The van der Waals surface area contributed by atoms with Crippen molar-refractivity contribution in [2.24, 2.45) is 12.5 Å². The van der Waals surface area contributed by atoms with E-state index in [0.717, 1.165) is 17.9 Å². The highest BCUT2D eigenvalue weighted by atomic mass is 35.5. The van der Waals surface area contributed by atoms with Gasteiger partial charge in [0.1, 0.15) is 5.60 Å². The molecule has 3 nitrogen and oxygen atoms in total. The molecule has 0 amide bonds. The summed E-state index contributed by atoms with van der Waals surface area (Å²) in [5, 5.41) is 15.6. The average Bonchev–Trinajstić information content (AvgIpc) is 2.52. The lowest BCUT2D eigenvalue weighted by molar-refractivity contribution is -0.0639. The molecule has 90 valence electrons. The molecule has 16 heavy (non-hydrogen) atoms. The fraction of sp³-hybridized carbons (Fsp3) is 0.727. The number of aryl methyl sites for hydroxylation is 1. The predicted molar refractivity (Wildman–Crippen MR) is 67.8 cm³/mol. The van der Waals surface area contributed by atoms with Crippen LogP contribution < -0.4 is 0 Å². The topological polar surface area (TPSA) is 38.0 Å². The summed E-state index contributed by atoms with van der Waals surface area (Å²) in [6, 6.07) is 0. The van der Waals surface area contributed by atoms with E-state index in [1.165, 1.54) is 0 Å². The van der Waals surface area contributed by atoms with Crippen molar-refractivity contribution in [3.63, 3.8) is 0 Å². The smallest absolute Gasteiger partial charge is 0.122 e. The highest BCUT2D eigenvalue weighted by Gasteiger charge is 2.49. The number of nitrogens with zero attached hydrogens (tertiary/aromatic N) is 2. The summed E-state index contributed by atoms with van der Waals surface area (Å²) in [6.45, 7) is 4.19. The number of halogens is 1. The van der Waals surface area contributed by atoms with Crippen molar-refractivity contribution in [2.45, 2.75) is 25.9 Å². The summed E-state index contributed by atoms with van der Waals surface area (Å²) in [7, 11) is 1.83. The van der Waals surface area contributed by atoms with Gasteiger partial charge < -0.3 is 5.11 Å². The summed E-state index contributed by atoms with van der Waals surface area (Å²) in [6.07, 6.45) is 2.58. The second-order valence-electron chi connectivity index (χ2n) is 5.01. The molecule has 1 aliphatic rings. The normalized spacial score (nSPS) is 29.3. The highest BCUT2D eigenvalue weighted by Crippen LogP contribution is 2.49. The zero-order chi connectivity index (χ0) is 12.0. The largest absolute Gasteiger partial charge is 0.382 e. The SMILES string of the molecule is Cn1ncc(Cl)c1C1(O)CSCCC1(C)C. The van der Waals surface area contributed by atoms with Crippen molar-refractivity contribution in [3.8, 4) is 0 Å². The van der Waals surface area contributed by atoms with E-state index in [0.29, 0.717) is 10.8 Å². The molecule has 1 N–H and O–H groups in total. The number of thioether (sulfide) groups is 1. The van der Waals surface area contributed by atoms with Gasteiger partial charge in [0.05, 0.1) is 16.9 Å². The quantitative estimate of drug-likeness (QED) is 0.843. The molecular formula is C11H17ClN2OS. The third-order valence-electron chi connectivity index (χ3n) is 3.59. The first kappa shape index (κ1) is 12.3. The van der Waals surface area contributed by atoms with Crippen LogP contribution in [0.25, 0.3) is 0 Å². The average molecular weight is 261 g/mol. The van der Waals surface area contributed by atoms with Crippen LogP contribution in [0.4, 0.5) is 0 Å². The number of aliphatic hydroxyl groups is 1. The molecule has 0 radical (unpaired) electrons. The van der Waals surface area contributed by atoms with Gasteiger partial charge in [0.25, 0.3) is 0 Å². The van der Waals surface area contributed by atoms with E-state index in [4.69, 9.17) is 11.6 Å². The Bertz CT molecular complexity index is 385. The van der Waals surface area contributed by atoms with Gasteiger partial charge in [0.2, 0.25) is 0 Å². The summed E-state index contributed by atoms with van der Waals surface area (Å²) in [4.78, 5) is 0. The lowest BCUT2D eigenvalue weighted by Crippen LogP contribution is -2.48. The van der Waals surface area contributed by atoms with Crippen LogP contribution in [0.2, 0.25) is 5.02 Å². The monoisotopic (exact) mass is 260 g/mol. The molecule has 1 aromatic rings. The molecule has 0 aliphatic carbocycles. The van der Waals surface area contributed by atoms with Crippen LogP contribution in [-0.4, -0.2) is 26.4 Å². The number of aromatic nitrogens is 2. The Morgan fingerprint density at radius 1 is 1.56 bits per heavy atom. The van der Waals surface area contributed by atoms with Crippen LogP contribution in [0.1, 0.15) is 26.0 Å². The van der Waals surface area contributed by atoms with Gasteiger partial charge in [-0.05, 0) is 12.2 Å². The standard InChI is InChI=1S/C11H17ClN2OS/c1-10(2)4-5-16-7-11(10,15)9-8(12)6-13-14(9)3/h6,15H,4-5,7H2,1-3H3. The van der Waals surface area contributed by atoms with Crippen LogP contribution in [-0.2, 0) is 12.6 Å². The van der Waals surface area contributed by atoms with Crippen molar-refractivity contribution in [1.82, 2.24) is 9.78 Å². The van der Waals surface area contributed by atoms with Crippen LogP contribution in [0.15, 0.2) is 6.20 Å². The van der Waals surface area contributed by atoms with Crippen molar-refractivity contribution in [3.05, 3.63) is 16.9 Å². The second kappa shape index (κ2) is 3.93. The van der Waals surface area contributed by atoms with Crippen molar-refractivity contribution in [2.75, 3.05) is 11.5 Å². The zero-order valence-corrected chi connectivity index (χ0v) is 11.4. The molecule has 5 heteroatoms. The Morgan fingerprint density at radius 3 is 2.75 bits per heavy atom. The van der Waals surface area contributed by atoms with Crippen molar-refractivity contribution >= 4 is 23.4 Å². The molecule has 0 bridgehead atoms. The molecule has 0 aromatic carbocycles. The van der Waals surface area contributed by atoms with E-state index < -0.39 is 5.60 Å². The van der Waals surface area contributed by atoms with E-state index in [-0.39, 0.29) is 5.41 Å². The van der Waals surface area contributed by atoms with Gasteiger partial charge in [-0.3, -0.25) is 4.68 Å². The lowest BCUT2D eigenvalue weighted by atomic mass is 9.71. The van der Waals surface area contributed by atoms with Crippen LogP contribution >= 0.6 is 23.4 Å². The summed E-state index contributed by atoms with van der Waals surface area (Å²) in [5.41, 5.74) is -0.320. The molecule has 0 saturated carbocycles. The van der Waals surface area contributed by atoms with Gasteiger partial charge in [-0.1, -0.05) is 25.4 Å². The highest BCUT2D eigenvalue weighted by molar-refractivity contribution is 7.99. The van der Waals surface area contributed by atoms with E-state index in [1.54, 1.807) is 22.6 Å². The van der Waals surface area contributed by atoms with Gasteiger partial charge in [-0.2, -0.15) is 16.9 Å². The minimum Gasteiger partial charge on any atom is -0.382 e. The molecule has 1 atom stereocenters. The number of hydrogen-bond donors (Lipinski definition) is 1. The van der Waals surface area contributed by atoms with Gasteiger partial charge in [-0.25, -0.2) is 0 Å². The van der Waals surface area contributed by atoms with E-state index in [9.17, 15) is 5.11 Å². The van der Waals surface area contributed by atoms with Crippen LogP contribution in [0.5, 0.6) is 0 Å². The first-order valence-electron chi connectivity index (χ1n) is 5.36. The minimum absolute atomic E-state index is 0.171. The first-order valence-corrected chi connectivity index (χ1v) is 6.90. The molecule has 2 heterocycles. The fourth-order valence-electron chi connectivity index (χ4n) is 2.21. The maximum absolute atomic E-state index is 11.0. The lowest BCUT2D eigenvalue weighted by Gasteiger charge is -2.46. The minimum atomic E-state index is -0.891. The molecule has 1 aliphatic heterocycles. The molecule has 2 rings (SSSR count). The maximum atomic E-state index is 11.0. The second-order valence-corrected chi connectivity index (χ2v) is 6.52. The molecular weight excluding hydrogens is 244 g/mol. The first-order chi connectivity index (χ1) is 7.38. The Labute approximate surface area is 105 Å². The summed E-state index contributed by atoms with van der Waals surface area (Å²) >= 11 is 7.91. The number of rotatable bonds is 1. The molecule has 0 spiro atoms. The van der Waals surface area contributed by atoms with Gasteiger partial charge >= 0.3 is 0 Å². The van der Waals surface area contributed by atoms with Gasteiger partial charge in [0, 0.05) is 18.2 Å². The Balaban J connectivity index is 2.52. The maximum Gasteiger partial charge on any atom is 0.122 e. The van der Waals surface area contributed by atoms with Crippen molar-refractivity contribution in [1.29, 1.82) is 0 Å². The van der Waals surface area contributed by atoms with Crippen LogP contribution in [0, 0.1) is 5.41 Å². The number of hydrogen-bond acceptors (Lipinski definition) is 3. The fourth-order valence-corrected chi connectivity index (χ4v) is 4.16. The van der Waals surface area contributed by atoms with E-state index in [2.05, 4.69) is 18.9 Å². The third kappa shape index (κ3) is 1.67. The van der Waals surface area contributed by atoms with Crippen molar-refractivity contribution < 1.29 is 5.11 Å². The Kier molecular flexibility index (Phi) is 3.01. The molecule has 1 saturated heterocycles. The molecule has 1 fully saturated rings. The van der Waals surface area contributed by atoms with Gasteiger partial charge in [0.15, 0.2) is 0 Å². The predicted octanol–water partition coefficient (Wildman–Crippen LogP) is 2.42. The molecule has 1 aromatic heterocycles. The van der Waals surface area contributed by atoms with E-state index >= 15 is 0 Å². The van der Waals surface area contributed by atoms with Gasteiger partial charge in [-0.15, -0.1) is 0 Å².